The molecule has 1 aromatic heterocycles. The maximum absolute atomic E-state index is 12.2. The molecule has 108 valence electrons. The van der Waals surface area contributed by atoms with Crippen molar-refractivity contribution >= 4 is 15.8 Å². The van der Waals surface area contributed by atoms with Crippen LogP contribution in [0.1, 0.15) is 6.92 Å². The molecule has 1 aliphatic heterocycles. The van der Waals surface area contributed by atoms with Gasteiger partial charge in [-0.2, -0.15) is 0 Å². The van der Waals surface area contributed by atoms with Crippen molar-refractivity contribution in [3.05, 3.63) is 36.0 Å². The fraction of sp³-hybridized carbons (Fsp3) is 0.385. The van der Waals surface area contributed by atoms with E-state index in [0.29, 0.717) is 5.95 Å². The maximum atomic E-state index is 12.2. The molecule has 0 bridgehead atoms. The molecule has 1 fully saturated rings. The van der Waals surface area contributed by atoms with E-state index in [4.69, 9.17) is 0 Å². The molecular weight excluding hydrogens is 276 g/mol. The first kappa shape index (κ1) is 14.7. The molecule has 0 saturated carbocycles. The third kappa shape index (κ3) is 3.05. The number of aromatic nitrogens is 2. The van der Waals surface area contributed by atoms with Crippen molar-refractivity contribution < 1.29 is 8.42 Å². The normalized spacial score (nSPS) is 16.6. The lowest BCUT2D eigenvalue weighted by molar-refractivity contribution is 0.578. The van der Waals surface area contributed by atoms with Crippen LogP contribution in [-0.4, -0.2) is 44.6 Å². The second kappa shape index (κ2) is 6.15. The third-order valence-corrected chi connectivity index (χ3v) is 4.68. The zero-order valence-electron chi connectivity index (χ0n) is 11.4. The molecule has 0 spiro atoms. The fourth-order valence-electron chi connectivity index (χ4n) is 1.90. The lowest BCUT2D eigenvalue weighted by Crippen LogP contribution is -2.44. The van der Waals surface area contributed by atoms with Crippen LogP contribution in [0.25, 0.3) is 0 Å². The Kier molecular flexibility index (Phi) is 4.51. The summed E-state index contributed by atoms with van der Waals surface area (Å²) in [6.45, 7) is 8.68. The minimum atomic E-state index is -3.59. The van der Waals surface area contributed by atoms with Crippen LogP contribution in [0, 0.1) is 0 Å². The van der Waals surface area contributed by atoms with Gasteiger partial charge < -0.3 is 10.2 Å². The van der Waals surface area contributed by atoms with Crippen molar-refractivity contribution in [3.63, 3.8) is 0 Å². The van der Waals surface area contributed by atoms with Gasteiger partial charge in [-0.05, 0) is 13.0 Å². The molecule has 6 nitrogen and oxygen atoms in total. The lowest BCUT2D eigenvalue weighted by atomic mass is 10.4. The van der Waals surface area contributed by atoms with Crippen LogP contribution < -0.4 is 10.2 Å². The zero-order valence-corrected chi connectivity index (χ0v) is 12.2. The van der Waals surface area contributed by atoms with Crippen molar-refractivity contribution in [2.45, 2.75) is 11.8 Å². The number of nitrogens with one attached hydrogen (secondary N) is 1. The van der Waals surface area contributed by atoms with Gasteiger partial charge in [-0.1, -0.05) is 12.7 Å². The molecule has 1 aromatic rings. The van der Waals surface area contributed by atoms with Crippen molar-refractivity contribution in [2.24, 2.45) is 0 Å². The largest absolute Gasteiger partial charge is 0.338 e. The Morgan fingerprint density at radius 2 is 1.95 bits per heavy atom. The summed E-state index contributed by atoms with van der Waals surface area (Å²) in [4.78, 5) is 10.4. The van der Waals surface area contributed by atoms with Gasteiger partial charge in [0.25, 0.3) is 0 Å². The quantitative estimate of drug-likeness (QED) is 0.826. The van der Waals surface area contributed by atoms with Crippen molar-refractivity contribution in [1.29, 1.82) is 0 Å². The van der Waals surface area contributed by atoms with E-state index in [0.717, 1.165) is 26.2 Å². The molecule has 20 heavy (non-hydrogen) atoms. The Morgan fingerprint density at radius 1 is 1.35 bits per heavy atom. The Hall–Kier alpha value is -1.73. The highest BCUT2D eigenvalue weighted by atomic mass is 32.2. The SMILES string of the molecule is C=C(C=CC)S(=O)(=O)c1cnc(N2CCNCC2)nc1. The molecule has 0 amide bonds. The van der Waals surface area contributed by atoms with Gasteiger partial charge in [0.05, 0.1) is 17.3 Å². The molecule has 0 aromatic carbocycles. The molecule has 1 saturated heterocycles. The fourth-order valence-corrected chi connectivity index (χ4v) is 2.90. The number of allylic oxidation sites excluding steroid dienone is 2. The Labute approximate surface area is 119 Å². The lowest BCUT2D eigenvalue weighted by Gasteiger charge is -2.27. The summed E-state index contributed by atoms with van der Waals surface area (Å²) in [5.41, 5.74) is 0. The van der Waals surface area contributed by atoms with E-state index in [9.17, 15) is 8.42 Å². The maximum Gasteiger partial charge on any atom is 0.225 e. The first-order valence-corrected chi connectivity index (χ1v) is 7.88. The number of rotatable bonds is 4. The van der Waals surface area contributed by atoms with Crippen molar-refractivity contribution in [2.75, 3.05) is 31.1 Å². The molecule has 1 N–H and O–H groups in total. The first-order valence-electron chi connectivity index (χ1n) is 6.40. The summed E-state index contributed by atoms with van der Waals surface area (Å²) in [5.74, 6) is 0.557. The van der Waals surface area contributed by atoms with E-state index >= 15 is 0 Å². The van der Waals surface area contributed by atoms with E-state index in [1.807, 2.05) is 4.90 Å². The van der Waals surface area contributed by atoms with Gasteiger partial charge in [0, 0.05) is 26.2 Å². The molecular formula is C13H18N4O2S. The molecule has 7 heteroatoms. The summed E-state index contributed by atoms with van der Waals surface area (Å²) in [5, 5.41) is 3.24. The summed E-state index contributed by atoms with van der Waals surface area (Å²) >= 11 is 0. The van der Waals surface area contributed by atoms with E-state index in [1.54, 1.807) is 13.0 Å². The summed E-state index contributed by atoms with van der Waals surface area (Å²) in [7, 11) is -3.59. The molecule has 2 heterocycles. The minimum Gasteiger partial charge on any atom is -0.338 e. The Balaban J connectivity index is 2.21. The molecule has 0 unspecified atom stereocenters. The number of hydrogen-bond donors (Lipinski definition) is 1. The Bertz CT molecular complexity index is 602. The number of piperazine rings is 1. The summed E-state index contributed by atoms with van der Waals surface area (Å²) < 4.78 is 24.3. The highest BCUT2D eigenvalue weighted by Gasteiger charge is 2.19. The predicted octanol–water partition coefficient (Wildman–Crippen LogP) is 0.750. The van der Waals surface area contributed by atoms with E-state index < -0.39 is 9.84 Å². The zero-order chi connectivity index (χ0) is 14.6. The van der Waals surface area contributed by atoms with Crippen LogP contribution in [0.5, 0.6) is 0 Å². The second-order valence-electron chi connectivity index (χ2n) is 4.43. The van der Waals surface area contributed by atoms with Crippen molar-refractivity contribution in [1.82, 2.24) is 15.3 Å². The van der Waals surface area contributed by atoms with E-state index in [-0.39, 0.29) is 9.80 Å². The number of anilines is 1. The van der Waals surface area contributed by atoms with Gasteiger partial charge >= 0.3 is 0 Å². The Morgan fingerprint density at radius 3 is 2.50 bits per heavy atom. The number of hydrogen-bond acceptors (Lipinski definition) is 6. The number of sulfone groups is 1. The van der Waals surface area contributed by atoms with Crippen LogP contribution in [0.3, 0.4) is 0 Å². The smallest absolute Gasteiger partial charge is 0.225 e. The van der Waals surface area contributed by atoms with Gasteiger partial charge in [0.1, 0.15) is 4.90 Å². The van der Waals surface area contributed by atoms with Crippen molar-refractivity contribution in [3.8, 4) is 0 Å². The average molecular weight is 294 g/mol. The minimum absolute atomic E-state index is 0.0403. The topological polar surface area (TPSA) is 75.2 Å². The highest BCUT2D eigenvalue weighted by Crippen LogP contribution is 2.18. The molecule has 2 rings (SSSR count). The average Bonchev–Trinajstić information content (AvgIpc) is 2.48. The van der Waals surface area contributed by atoms with Crippen LogP contribution in [0.4, 0.5) is 5.95 Å². The van der Waals surface area contributed by atoms with Crippen LogP contribution >= 0.6 is 0 Å². The third-order valence-electron chi connectivity index (χ3n) is 3.02. The van der Waals surface area contributed by atoms with E-state index in [2.05, 4.69) is 21.9 Å². The molecule has 0 radical (unpaired) electrons. The standard InChI is InChI=1S/C13H18N4O2S/c1-3-4-11(2)20(18,19)12-9-15-13(16-10-12)17-7-5-14-6-8-17/h3-4,9-10,14H,2,5-8H2,1H3. The van der Waals surface area contributed by atoms with Crippen LogP contribution in [-0.2, 0) is 9.84 Å². The molecule has 1 aliphatic rings. The first-order chi connectivity index (χ1) is 9.55. The van der Waals surface area contributed by atoms with Gasteiger partial charge in [0.2, 0.25) is 15.8 Å². The second-order valence-corrected chi connectivity index (χ2v) is 6.43. The molecule has 0 aliphatic carbocycles. The number of nitrogens with zero attached hydrogens (tertiary/aromatic N) is 3. The van der Waals surface area contributed by atoms with Gasteiger partial charge in [-0.25, -0.2) is 18.4 Å². The van der Waals surface area contributed by atoms with Gasteiger partial charge in [-0.3, -0.25) is 0 Å². The van der Waals surface area contributed by atoms with E-state index in [1.165, 1.54) is 18.5 Å². The summed E-state index contributed by atoms with van der Waals surface area (Å²) in [6, 6.07) is 0. The molecule has 0 atom stereocenters. The van der Waals surface area contributed by atoms with Crippen LogP contribution in [0.2, 0.25) is 0 Å². The predicted molar refractivity (Wildman–Crippen MR) is 78.3 cm³/mol. The highest BCUT2D eigenvalue weighted by molar-refractivity contribution is 7.95. The van der Waals surface area contributed by atoms with Gasteiger partial charge in [0.15, 0.2) is 0 Å². The summed E-state index contributed by atoms with van der Waals surface area (Å²) in [6.07, 6.45) is 5.78. The van der Waals surface area contributed by atoms with Crippen LogP contribution in [0.15, 0.2) is 40.9 Å². The monoisotopic (exact) mass is 294 g/mol. The van der Waals surface area contributed by atoms with Gasteiger partial charge in [-0.15, -0.1) is 0 Å².